The van der Waals surface area contributed by atoms with E-state index in [-0.39, 0.29) is 12.6 Å². The van der Waals surface area contributed by atoms with Crippen LogP contribution in [-0.4, -0.2) is 30.9 Å². The highest BCUT2D eigenvalue weighted by Gasteiger charge is 2.35. The minimum Gasteiger partial charge on any atom is -0.391 e. The second-order valence-corrected chi connectivity index (χ2v) is 6.65. The molecule has 1 fully saturated rings. The summed E-state index contributed by atoms with van der Waals surface area (Å²) >= 11 is 1.27. The van der Waals surface area contributed by atoms with Gasteiger partial charge < -0.3 is 5.11 Å². The van der Waals surface area contributed by atoms with Gasteiger partial charge >= 0.3 is 0 Å². The first-order chi connectivity index (χ1) is 7.05. The Balaban J connectivity index is 2.27. The molecule has 0 aliphatic heterocycles. The average molecular weight is 247 g/mol. The largest absolute Gasteiger partial charge is 0.391 e. The third-order valence-electron chi connectivity index (χ3n) is 2.52. The van der Waals surface area contributed by atoms with Crippen molar-refractivity contribution in [3.8, 4) is 0 Å². The lowest BCUT2D eigenvalue weighted by Gasteiger charge is -2.14. The van der Waals surface area contributed by atoms with Gasteiger partial charge in [-0.05, 0) is 18.9 Å². The Bertz CT molecular complexity index is 448. The predicted molar refractivity (Wildman–Crippen MR) is 58.2 cm³/mol. The Morgan fingerprint density at radius 3 is 2.73 bits per heavy atom. The minimum atomic E-state index is -3.33. The predicted octanol–water partition coefficient (Wildman–Crippen LogP) is 1.02. The van der Waals surface area contributed by atoms with Crippen LogP contribution in [0.25, 0.3) is 0 Å². The Labute approximate surface area is 93.2 Å². The SMILES string of the molecule is CN(C1CC1)S(=O)(=O)c1csc(CO)c1. The molecule has 1 aromatic rings. The fraction of sp³-hybridized carbons (Fsp3) is 0.556. The molecule has 6 heteroatoms. The van der Waals surface area contributed by atoms with Crippen molar-refractivity contribution < 1.29 is 13.5 Å². The fourth-order valence-corrected chi connectivity index (χ4v) is 3.92. The van der Waals surface area contributed by atoms with Crippen LogP contribution in [0.1, 0.15) is 17.7 Å². The summed E-state index contributed by atoms with van der Waals surface area (Å²) in [7, 11) is -1.72. The Morgan fingerprint density at radius 1 is 1.60 bits per heavy atom. The number of rotatable bonds is 4. The van der Waals surface area contributed by atoms with E-state index in [0.29, 0.717) is 9.77 Å². The lowest BCUT2D eigenvalue weighted by atomic mass is 10.5. The molecule has 1 heterocycles. The van der Waals surface area contributed by atoms with Crippen LogP contribution in [0, 0.1) is 0 Å². The van der Waals surface area contributed by atoms with Gasteiger partial charge in [-0.2, -0.15) is 4.31 Å². The van der Waals surface area contributed by atoms with Crippen LogP contribution in [0.3, 0.4) is 0 Å². The highest BCUT2D eigenvalue weighted by atomic mass is 32.2. The quantitative estimate of drug-likeness (QED) is 0.864. The molecule has 1 N–H and O–H groups in total. The molecule has 15 heavy (non-hydrogen) atoms. The van der Waals surface area contributed by atoms with Crippen LogP contribution < -0.4 is 0 Å². The number of thiophene rings is 1. The number of hydrogen-bond acceptors (Lipinski definition) is 4. The fourth-order valence-electron chi connectivity index (χ4n) is 1.38. The van der Waals surface area contributed by atoms with Crippen LogP contribution in [0.4, 0.5) is 0 Å². The van der Waals surface area contributed by atoms with E-state index in [1.54, 1.807) is 18.5 Å². The van der Waals surface area contributed by atoms with Crippen molar-refractivity contribution in [3.05, 3.63) is 16.3 Å². The maximum absolute atomic E-state index is 12.0. The van der Waals surface area contributed by atoms with Crippen molar-refractivity contribution in [2.75, 3.05) is 7.05 Å². The second-order valence-electron chi connectivity index (χ2n) is 3.66. The summed E-state index contributed by atoms with van der Waals surface area (Å²) in [6.07, 6.45) is 1.90. The van der Waals surface area contributed by atoms with Crippen LogP contribution in [0.2, 0.25) is 0 Å². The van der Waals surface area contributed by atoms with Gasteiger partial charge in [0.25, 0.3) is 0 Å². The maximum Gasteiger partial charge on any atom is 0.243 e. The summed E-state index contributed by atoms with van der Waals surface area (Å²) in [4.78, 5) is 0.976. The van der Waals surface area contributed by atoms with E-state index in [1.807, 2.05) is 0 Å². The Hall–Kier alpha value is -0.430. The molecule has 1 aliphatic carbocycles. The van der Waals surface area contributed by atoms with Crippen molar-refractivity contribution in [1.29, 1.82) is 0 Å². The van der Waals surface area contributed by atoms with Gasteiger partial charge in [-0.25, -0.2) is 8.42 Å². The third kappa shape index (κ3) is 2.08. The zero-order valence-corrected chi connectivity index (χ0v) is 10.0. The van der Waals surface area contributed by atoms with Gasteiger partial charge in [-0.15, -0.1) is 11.3 Å². The van der Waals surface area contributed by atoms with E-state index in [1.165, 1.54) is 15.6 Å². The number of aliphatic hydroxyl groups excluding tert-OH is 1. The summed E-state index contributed by atoms with van der Waals surface area (Å²) in [6, 6.07) is 1.71. The van der Waals surface area contributed by atoms with Crippen LogP contribution in [0.5, 0.6) is 0 Å². The topological polar surface area (TPSA) is 57.6 Å². The normalized spacial score (nSPS) is 17.3. The molecule has 84 valence electrons. The molecule has 0 unspecified atom stereocenters. The lowest BCUT2D eigenvalue weighted by molar-refractivity contribution is 0.285. The van der Waals surface area contributed by atoms with E-state index in [9.17, 15) is 8.42 Å². The molecule has 0 spiro atoms. The molecular weight excluding hydrogens is 234 g/mol. The van der Waals surface area contributed by atoms with Crippen molar-refractivity contribution in [2.24, 2.45) is 0 Å². The monoisotopic (exact) mass is 247 g/mol. The highest BCUT2D eigenvalue weighted by Crippen LogP contribution is 2.31. The molecule has 0 amide bonds. The van der Waals surface area contributed by atoms with Crippen LogP contribution in [-0.2, 0) is 16.6 Å². The van der Waals surface area contributed by atoms with E-state index < -0.39 is 10.0 Å². The summed E-state index contributed by atoms with van der Waals surface area (Å²) in [6.45, 7) is -0.104. The standard InChI is InChI=1S/C9H13NO3S2/c1-10(7-2-3-7)15(12,13)9-4-8(5-11)14-6-9/h4,6-7,11H,2-3,5H2,1H3. The summed E-state index contributed by atoms with van der Waals surface area (Å²) in [5.74, 6) is 0. The summed E-state index contributed by atoms with van der Waals surface area (Å²) in [5, 5.41) is 10.5. The molecule has 0 saturated heterocycles. The van der Waals surface area contributed by atoms with Gasteiger partial charge in [0.15, 0.2) is 0 Å². The highest BCUT2D eigenvalue weighted by molar-refractivity contribution is 7.89. The maximum atomic E-state index is 12.0. The van der Waals surface area contributed by atoms with Gasteiger partial charge in [0.05, 0.1) is 11.5 Å². The molecule has 0 bridgehead atoms. The second kappa shape index (κ2) is 3.86. The van der Waals surface area contributed by atoms with Crippen LogP contribution in [0.15, 0.2) is 16.3 Å². The van der Waals surface area contributed by atoms with E-state index >= 15 is 0 Å². The van der Waals surface area contributed by atoms with E-state index in [4.69, 9.17) is 5.11 Å². The molecule has 1 aromatic heterocycles. The molecule has 0 atom stereocenters. The first-order valence-electron chi connectivity index (χ1n) is 4.72. The smallest absolute Gasteiger partial charge is 0.243 e. The number of hydrogen-bond donors (Lipinski definition) is 1. The Morgan fingerprint density at radius 2 is 2.27 bits per heavy atom. The minimum absolute atomic E-state index is 0.104. The summed E-state index contributed by atoms with van der Waals surface area (Å²) < 4.78 is 25.4. The number of sulfonamides is 1. The van der Waals surface area contributed by atoms with Crippen LogP contribution >= 0.6 is 11.3 Å². The molecule has 2 rings (SSSR count). The first-order valence-corrected chi connectivity index (χ1v) is 7.04. The van der Waals surface area contributed by atoms with E-state index in [2.05, 4.69) is 0 Å². The van der Waals surface area contributed by atoms with Gasteiger partial charge in [0.1, 0.15) is 0 Å². The third-order valence-corrected chi connectivity index (χ3v) is 5.48. The lowest BCUT2D eigenvalue weighted by Crippen LogP contribution is -2.28. The Kier molecular flexibility index (Phi) is 2.85. The van der Waals surface area contributed by atoms with Crippen molar-refractivity contribution in [2.45, 2.75) is 30.4 Å². The summed E-state index contributed by atoms with van der Waals surface area (Å²) in [5.41, 5.74) is 0. The van der Waals surface area contributed by atoms with Crippen molar-refractivity contribution in [3.63, 3.8) is 0 Å². The molecule has 0 aromatic carbocycles. The number of aliphatic hydroxyl groups is 1. The van der Waals surface area contributed by atoms with Gasteiger partial charge in [0, 0.05) is 23.3 Å². The first kappa shape index (κ1) is 11.1. The molecule has 0 radical (unpaired) electrons. The average Bonchev–Trinajstić information content (AvgIpc) is 2.93. The van der Waals surface area contributed by atoms with Gasteiger partial charge in [-0.3, -0.25) is 0 Å². The molecule has 1 aliphatic rings. The molecular formula is C9H13NO3S2. The molecule has 1 saturated carbocycles. The van der Waals surface area contributed by atoms with Gasteiger partial charge in [-0.1, -0.05) is 0 Å². The van der Waals surface area contributed by atoms with Crippen molar-refractivity contribution in [1.82, 2.24) is 4.31 Å². The van der Waals surface area contributed by atoms with E-state index in [0.717, 1.165) is 12.8 Å². The number of nitrogens with zero attached hydrogens (tertiary/aromatic N) is 1. The van der Waals surface area contributed by atoms with Gasteiger partial charge in [0.2, 0.25) is 10.0 Å². The molecule has 4 nitrogen and oxygen atoms in total. The zero-order valence-electron chi connectivity index (χ0n) is 8.38. The van der Waals surface area contributed by atoms with Crippen molar-refractivity contribution >= 4 is 21.4 Å². The zero-order chi connectivity index (χ0) is 11.1.